The number of phenols is 1. The van der Waals surface area contributed by atoms with Crippen LogP contribution in [0.3, 0.4) is 0 Å². The predicted octanol–water partition coefficient (Wildman–Crippen LogP) is -0.454. The van der Waals surface area contributed by atoms with Crippen molar-refractivity contribution in [2.75, 3.05) is 13.1 Å². The molecule has 0 bridgehead atoms. The van der Waals surface area contributed by atoms with Crippen molar-refractivity contribution in [1.29, 1.82) is 0 Å². The molecular weight excluding hydrogens is 272 g/mol. The van der Waals surface area contributed by atoms with Crippen LogP contribution in [0.1, 0.15) is 12.0 Å². The zero-order valence-electron chi connectivity index (χ0n) is 11.6. The van der Waals surface area contributed by atoms with E-state index in [1.54, 1.807) is 18.2 Å². The van der Waals surface area contributed by atoms with Gasteiger partial charge in [0.05, 0.1) is 12.6 Å². The number of phenolic OH excluding ortho intramolecular Hbond substituents is 1. The Morgan fingerprint density at radius 2 is 2.00 bits per heavy atom. The maximum Gasteiger partial charge on any atom is 0.244 e. The van der Waals surface area contributed by atoms with E-state index in [1.807, 2.05) is 0 Å². The van der Waals surface area contributed by atoms with Gasteiger partial charge in [0.25, 0.3) is 0 Å². The molecule has 0 saturated carbocycles. The average molecular weight is 292 g/mol. The van der Waals surface area contributed by atoms with E-state index in [2.05, 4.69) is 10.3 Å². The van der Waals surface area contributed by atoms with Gasteiger partial charge in [-0.2, -0.15) is 0 Å². The van der Waals surface area contributed by atoms with E-state index in [9.17, 15) is 9.90 Å². The van der Waals surface area contributed by atoms with Crippen molar-refractivity contribution >= 4 is 17.9 Å². The van der Waals surface area contributed by atoms with Crippen LogP contribution in [-0.2, 0) is 4.79 Å². The number of nitrogens with two attached hydrogens (primary N) is 2. The minimum atomic E-state index is -0.700. The highest BCUT2D eigenvalue weighted by molar-refractivity contribution is 5.91. The summed E-state index contributed by atoms with van der Waals surface area (Å²) in [7, 11) is 0. The van der Waals surface area contributed by atoms with Crippen LogP contribution in [0.15, 0.2) is 35.3 Å². The molecule has 1 rings (SSSR count). The molecule has 114 valence electrons. The fourth-order valence-corrected chi connectivity index (χ4v) is 1.48. The zero-order valence-corrected chi connectivity index (χ0v) is 11.6. The van der Waals surface area contributed by atoms with Gasteiger partial charge in [0.15, 0.2) is 5.96 Å². The monoisotopic (exact) mass is 292 g/mol. The summed E-state index contributed by atoms with van der Waals surface area (Å²) < 4.78 is 0. The third-order valence-corrected chi connectivity index (χ3v) is 2.58. The molecule has 7 N–H and O–H groups in total. The molecule has 0 fully saturated rings. The van der Waals surface area contributed by atoms with Crippen LogP contribution in [0.25, 0.3) is 6.08 Å². The number of hydrogen-bond acceptors (Lipinski definition) is 4. The molecule has 21 heavy (non-hydrogen) atoms. The molecule has 0 spiro atoms. The lowest BCUT2D eigenvalue weighted by molar-refractivity contribution is -0.116. The number of nitrogens with one attached hydrogen (secondary N) is 1. The lowest BCUT2D eigenvalue weighted by Gasteiger charge is -2.07. The standard InChI is InChI=1S/C14H20N4O3/c15-14(16)18-9-12(20)7-8-17-13(21)6-3-10-1-4-11(19)5-2-10/h1-6,12,19-20H,7-9H2,(H,17,21)(H4,15,16,18)/b6-3+. The maximum absolute atomic E-state index is 11.5. The number of guanidine groups is 1. The number of aliphatic hydroxyl groups is 1. The SMILES string of the molecule is NC(N)=NCC(O)CCNC(=O)/C=C/c1ccc(O)cc1. The number of aliphatic imine (C=N–C) groups is 1. The first kappa shape index (κ1) is 16.5. The van der Waals surface area contributed by atoms with E-state index in [4.69, 9.17) is 16.6 Å². The van der Waals surface area contributed by atoms with Crippen LogP contribution in [0.4, 0.5) is 0 Å². The van der Waals surface area contributed by atoms with Crippen molar-refractivity contribution in [2.45, 2.75) is 12.5 Å². The quantitative estimate of drug-likeness (QED) is 0.263. The highest BCUT2D eigenvalue weighted by Crippen LogP contribution is 2.10. The third-order valence-electron chi connectivity index (χ3n) is 2.58. The summed E-state index contributed by atoms with van der Waals surface area (Å²) in [6.45, 7) is 0.432. The number of carbonyl (C=O) groups is 1. The van der Waals surface area contributed by atoms with E-state index in [1.165, 1.54) is 18.2 Å². The molecule has 0 aliphatic carbocycles. The number of carbonyl (C=O) groups excluding carboxylic acids is 1. The van der Waals surface area contributed by atoms with Crippen LogP contribution in [0.5, 0.6) is 5.75 Å². The first-order valence-electron chi connectivity index (χ1n) is 6.46. The molecule has 1 atom stereocenters. The fraction of sp³-hybridized carbons (Fsp3) is 0.286. The maximum atomic E-state index is 11.5. The second-order valence-electron chi connectivity index (χ2n) is 4.42. The Morgan fingerprint density at radius 1 is 1.33 bits per heavy atom. The number of benzene rings is 1. The van der Waals surface area contributed by atoms with Crippen molar-refractivity contribution in [3.8, 4) is 5.75 Å². The molecule has 0 aliphatic heterocycles. The molecule has 0 saturated heterocycles. The van der Waals surface area contributed by atoms with Gasteiger partial charge in [-0.05, 0) is 30.2 Å². The summed E-state index contributed by atoms with van der Waals surface area (Å²) in [5.41, 5.74) is 11.1. The fourth-order valence-electron chi connectivity index (χ4n) is 1.48. The van der Waals surface area contributed by atoms with Crippen LogP contribution < -0.4 is 16.8 Å². The van der Waals surface area contributed by atoms with Gasteiger partial charge in [0.1, 0.15) is 5.75 Å². The summed E-state index contributed by atoms with van der Waals surface area (Å²) in [5.74, 6) is -0.168. The molecule has 0 radical (unpaired) electrons. The van der Waals surface area contributed by atoms with Crippen molar-refractivity contribution in [3.63, 3.8) is 0 Å². The number of hydrogen-bond donors (Lipinski definition) is 5. The third kappa shape index (κ3) is 7.58. The summed E-state index contributed by atoms with van der Waals surface area (Å²) in [5, 5.41) is 21.3. The molecule has 7 heteroatoms. The normalized spacial score (nSPS) is 12.0. The second-order valence-corrected chi connectivity index (χ2v) is 4.42. The number of aromatic hydroxyl groups is 1. The molecule has 0 heterocycles. The first-order chi connectivity index (χ1) is 9.97. The van der Waals surface area contributed by atoms with Gasteiger partial charge < -0.3 is 27.0 Å². The Balaban J connectivity index is 2.28. The molecule has 1 aromatic rings. The first-order valence-corrected chi connectivity index (χ1v) is 6.46. The molecule has 1 unspecified atom stereocenters. The smallest absolute Gasteiger partial charge is 0.244 e. The minimum absolute atomic E-state index is 0.0742. The number of amides is 1. The summed E-state index contributed by atoms with van der Waals surface area (Å²) in [6, 6.07) is 6.46. The molecule has 0 aliphatic rings. The van der Waals surface area contributed by atoms with Crippen LogP contribution >= 0.6 is 0 Å². The van der Waals surface area contributed by atoms with Crippen molar-refractivity contribution in [2.24, 2.45) is 16.5 Å². The Morgan fingerprint density at radius 3 is 2.62 bits per heavy atom. The predicted molar refractivity (Wildman–Crippen MR) is 81.5 cm³/mol. The van der Waals surface area contributed by atoms with Gasteiger partial charge in [-0.15, -0.1) is 0 Å². The van der Waals surface area contributed by atoms with Gasteiger partial charge in [-0.3, -0.25) is 9.79 Å². The summed E-state index contributed by atoms with van der Waals surface area (Å²) >= 11 is 0. The topological polar surface area (TPSA) is 134 Å². The number of nitrogens with zero attached hydrogens (tertiary/aromatic N) is 1. The minimum Gasteiger partial charge on any atom is -0.508 e. The molecule has 1 amide bonds. The van der Waals surface area contributed by atoms with Gasteiger partial charge in [-0.1, -0.05) is 12.1 Å². The zero-order chi connectivity index (χ0) is 15.7. The van der Waals surface area contributed by atoms with E-state index in [-0.39, 0.29) is 24.2 Å². The lowest BCUT2D eigenvalue weighted by atomic mass is 10.2. The van der Waals surface area contributed by atoms with E-state index in [0.29, 0.717) is 13.0 Å². The van der Waals surface area contributed by atoms with Gasteiger partial charge >= 0.3 is 0 Å². The van der Waals surface area contributed by atoms with Gasteiger partial charge in [-0.25, -0.2) is 0 Å². The van der Waals surface area contributed by atoms with Gasteiger partial charge in [0, 0.05) is 12.6 Å². The van der Waals surface area contributed by atoms with Gasteiger partial charge in [0.2, 0.25) is 5.91 Å². The molecule has 0 aromatic heterocycles. The van der Waals surface area contributed by atoms with E-state index in [0.717, 1.165) is 5.56 Å². The van der Waals surface area contributed by atoms with Crippen LogP contribution in [-0.4, -0.2) is 41.3 Å². The second kappa shape index (κ2) is 8.60. The Bertz CT molecular complexity index is 507. The number of rotatable bonds is 7. The molecule has 7 nitrogen and oxygen atoms in total. The molecular formula is C14H20N4O3. The van der Waals surface area contributed by atoms with Crippen molar-refractivity contribution in [3.05, 3.63) is 35.9 Å². The highest BCUT2D eigenvalue weighted by Gasteiger charge is 2.03. The highest BCUT2D eigenvalue weighted by atomic mass is 16.3. The largest absolute Gasteiger partial charge is 0.508 e. The molecule has 1 aromatic carbocycles. The lowest BCUT2D eigenvalue weighted by Crippen LogP contribution is -2.28. The van der Waals surface area contributed by atoms with Crippen LogP contribution in [0, 0.1) is 0 Å². The van der Waals surface area contributed by atoms with E-state index < -0.39 is 6.10 Å². The summed E-state index contributed by atoms with van der Waals surface area (Å²) in [6.07, 6.45) is 2.67. The Kier molecular flexibility index (Phi) is 6.76. The van der Waals surface area contributed by atoms with Crippen molar-refractivity contribution in [1.82, 2.24) is 5.32 Å². The van der Waals surface area contributed by atoms with E-state index >= 15 is 0 Å². The Labute approximate surface area is 123 Å². The van der Waals surface area contributed by atoms with Crippen LogP contribution in [0.2, 0.25) is 0 Å². The average Bonchev–Trinajstić information content (AvgIpc) is 2.44. The number of aliphatic hydroxyl groups excluding tert-OH is 1. The summed E-state index contributed by atoms with van der Waals surface area (Å²) in [4.78, 5) is 15.2. The Hall–Kier alpha value is -2.54. The van der Waals surface area contributed by atoms with Crippen molar-refractivity contribution < 1.29 is 15.0 Å².